The molecule has 0 bridgehead atoms. The van der Waals surface area contributed by atoms with Crippen LogP contribution in [0.4, 0.5) is 4.39 Å². The van der Waals surface area contributed by atoms with Gasteiger partial charge in [-0.2, -0.15) is 0 Å². The molecule has 0 amide bonds. The van der Waals surface area contributed by atoms with Gasteiger partial charge in [0.1, 0.15) is 0 Å². The molecular formula is C15H22FNO2. The number of nitrogens with one attached hydrogen (secondary N) is 1. The highest BCUT2D eigenvalue weighted by molar-refractivity contribution is 5.28. The first-order valence-corrected chi connectivity index (χ1v) is 6.86. The molecule has 2 atom stereocenters. The Balaban J connectivity index is 1.92. The molecule has 2 unspecified atom stereocenters. The lowest BCUT2D eigenvalue weighted by Crippen LogP contribution is -2.41. The van der Waals surface area contributed by atoms with Crippen LogP contribution in [0.2, 0.25) is 0 Å². The number of halogens is 1. The van der Waals surface area contributed by atoms with Crippen LogP contribution in [0.5, 0.6) is 5.75 Å². The highest BCUT2D eigenvalue weighted by atomic mass is 19.1. The van der Waals surface area contributed by atoms with Gasteiger partial charge in [0.2, 0.25) is 0 Å². The Kier molecular flexibility index (Phi) is 5.16. The van der Waals surface area contributed by atoms with Crippen molar-refractivity contribution in [2.45, 2.75) is 44.4 Å². The molecule has 3 nitrogen and oxygen atoms in total. The van der Waals surface area contributed by atoms with E-state index in [2.05, 4.69) is 5.32 Å². The van der Waals surface area contributed by atoms with Crippen molar-refractivity contribution in [1.29, 1.82) is 0 Å². The molecule has 1 aromatic rings. The van der Waals surface area contributed by atoms with E-state index in [-0.39, 0.29) is 17.7 Å². The highest BCUT2D eigenvalue weighted by Gasteiger charge is 2.24. The maximum absolute atomic E-state index is 13.6. The van der Waals surface area contributed by atoms with Gasteiger partial charge < -0.3 is 14.8 Å². The number of ether oxygens (including phenoxy) is 2. The molecule has 1 aliphatic rings. The van der Waals surface area contributed by atoms with Crippen molar-refractivity contribution in [3.8, 4) is 5.75 Å². The third kappa shape index (κ3) is 3.67. The van der Waals surface area contributed by atoms with Gasteiger partial charge in [-0.3, -0.25) is 0 Å². The Bertz CT molecular complexity index is 411. The smallest absolute Gasteiger partial charge is 0.165 e. The van der Waals surface area contributed by atoms with Crippen LogP contribution < -0.4 is 10.1 Å². The number of likely N-dealkylation sites (N-methyl/N-ethyl adjacent to an activating group) is 1. The van der Waals surface area contributed by atoms with E-state index in [0.717, 1.165) is 18.4 Å². The molecule has 4 heteroatoms. The predicted octanol–water partition coefficient (Wildman–Crippen LogP) is 2.88. The molecule has 1 N–H and O–H groups in total. The fourth-order valence-corrected chi connectivity index (χ4v) is 2.63. The van der Waals surface area contributed by atoms with Gasteiger partial charge in [0.15, 0.2) is 11.6 Å². The van der Waals surface area contributed by atoms with Crippen molar-refractivity contribution in [2.24, 2.45) is 0 Å². The minimum Gasteiger partial charge on any atom is -0.494 e. The molecule has 1 fully saturated rings. The predicted molar refractivity (Wildman–Crippen MR) is 72.8 cm³/mol. The third-order valence-electron chi connectivity index (χ3n) is 3.75. The molecule has 2 rings (SSSR count). The second kappa shape index (κ2) is 6.87. The fraction of sp³-hybridized carbons (Fsp3) is 0.600. The first-order valence-electron chi connectivity index (χ1n) is 6.86. The largest absolute Gasteiger partial charge is 0.494 e. The second-order valence-corrected chi connectivity index (χ2v) is 5.00. The first-order chi connectivity index (χ1) is 9.24. The van der Waals surface area contributed by atoms with E-state index >= 15 is 0 Å². The fourth-order valence-electron chi connectivity index (χ4n) is 2.63. The molecule has 1 aromatic carbocycles. The standard InChI is InChI=1S/C15H22FNO2/c1-17-13-5-3-4-6-15(13)19-10-11-7-8-14(18-2)12(16)9-11/h7-9,13,15,17H,3-6,10H2,1-2H3. The number of methoxy groups -OCH3 is 1. The third-order valence-corrected chi connectivity index (χ3v) is 3.75. The van der Waals surface area contributed by atoms with Crippen molar-refractivity contribution >= 4 is 0 Å². The first kappa shape index (κ1) is 14.3. The summed E-state index contributed by atoms with van der Waals surface area (Å²) < 4.78 is 24.4. The zero-order valence-electron chi connectivity index (χ0n) is 11.6. The van der Waals surface area contributed by atoms with E-state index in [1.807, 2.05) is 13.1 Å². The van der Waals surface area contributed by atoms with Crippen molar-refractivity contribution < 1.29 is 13.9 Å². The van der Waals surface area contributed by atoms with Crippen LogP contribution in [0.25, 0.3) is 0 Å². The van der Waals surface area contributed by atoms with Crippen LogP contribution >= 0.6 is 0 Å². The van der Waals surface area contributed by atoms with Crippen LogP contribution in [-0.4, -0.2) is 26.3 Å². The zero-order chi connectivity index (χ0) is 13.7. The summed E-state index contributed by atoms with van der Waals surface area (Å²) in [5.74, 6) is -0.0630. The SMILES string of the molecule is CNC1CCCCC1OCc1ccc(OC)c(F)c1. The molecule has 0 spiro atoms. The average Bonchev–Trinajstić information content (AvgIpc) is 2.45. The Hall–Kier alpha value is -1.13. The summed E-state index contributed by atoms with van der Waals surface area (Å²) in [4.78, 5) is 0. The van der Waals surface area contributed by atoms with Crippen LogP contribution in [0, 0.1) is 5.82 Å². The van der Waals surface area contributed by atoms with E-state index in [1.165, 1.54) is 26.0 Å². The molecule has 106 valence electrons. The Morgan fingerprint density at radius 3 is 2.79 bits per heavy atom. The number of hydrogen-bond acceptors (Lipinski definition) is 3. The summed E-state index contributed by atoms with van der Waals surface area (Å²) >= 11 is 0. The molecule has 0 aromatic heterocycles. The summed E-state index contributed by atoms with van der Waals surface area (Å²) in [6.45, 7) is 0.448. The summed E-state index contributed by atoms with van der Waals surface area (Å²) in [7, 11) is 3.44. The minimum absolute atomic E-state index is 0.226. The maximum Gasteiger partial charge on any atom is 0.165 e. The van der Waals surface area contributed by atoms with Crippen LogP contribution in [0.1, 0.15) is 31.2 Å². The van der Waals surface area contributed by atoms with Gasteiger partial charge in [-0.15, -0.1) is 0 Å². The molecule has 1 aliphatic carbocycles. The van der Waals surface area contributed by atoms with E-state index in [4.69, 9.17) is 9.47 Å². The molecule has 0 saturated heterocycles. The molecule has 0 aliphatic heterocycles. The minimum atomic E-state index is -0.336. The molecule has 19 heavy (non-hydrogen) atoms. The van der Waals surface area contributed by atoms with Gasteiger partial charge in [0, 0.05) is 6.04 Å². The molecular weight excluding hydrogens is 245 g/mol. The van der Waals surface area contributed by atoms with Gasteiger partial charge in [0.05, 0.1) is 19.8 Å². The van der Waals surface area contributed by atoms with Gasteiger partial charge in [0.25, 0.3) is 0 Å². The van der Waals surface area contributed by atoms with Gasteiger partial charge in [-0.25, -0.2) is 4.39 Å². The molecule has 0 radical (unpaired) electrons. The van der Waals surface area contributed by atoms with Crippen molar-refractivity contribution in [2.75, 3.05) is 14.2 Å². The lowest BCUT2D eigenvalue weighted by atomic mass is 9.92. The van der Waals surface area contributed by atoms with Gasteiger partial charge in [-0.05, 0) is 37.6 Å². The quantitative estimate of drug-likeness (QED) is 0.890. The van der Waals surface area contributed by atoms with E-state index in [0.29, 0.717) is 12.6 Å². The number of rotatable bonds is 5. The summed E-state index contributed by atoms with van der Waals surface area (Å²) in [6.07, 6.45) is 4.91. The Morgan fingerprint density at radius 1 is 1.32 bits per heavy atom. The summed E-state index contributed by atoms with van der Waals surface area (Å²) in [5, 5.41) is 3.30. The number of benzene rings is 1. The van der Waals surface area contributed by atoms with E-state index in [9.17, 15) is 4.39 Å². The van der Waals surface area contributed by atoms with Crippen molar-refractivity contribution in [1.82, 2.24) is 5.32 Å². The van der Waals surface area contributed by atoms with Crippen LogP contribution in [0.15, 0.2) is 18.2 Å². The summed E-state index contributed by atoms with van der Waals surface area (Å²) in [5.41, 5.74) is 0.846. The van der Waals surface area contributed by atoms with E-state index in [1.54, 1.807) is 6.07 Å². The monoisotopic (exact) mass is 267 g/mol. The number of hydrogen-bond donors (Lipinski definition) is 1. The Labute approximate surface area is 114 Å². The molecule has 0 heterocycles. The Morgan fingerprint density at radius 2 is 2.11 bits per heavy atom. The van der Waals surface area contributed by atoms with Crippen molar-refractivity contribution in [3.05, 3.63) is 29.6 Å². The van der Waals surface area contributed by atoms with E-state index < -0.39 is 0 Å². The van der Waals surface area contributed by atoms with Crippen molar-refractivity contribution in [3.63, 3.8) is 0 Å². The summed E-state index contributed by atoms with van der Waals surface area (Å²) in [6, 6.07) is 5.39. The lowest BCUT2D eigenvalue weighted by molar-refractivity contribution is -0.00371. The zero-order valence-corrected chi connectivity index (χ0v) is 11.6. The van der Waals surface area contributed by atoms with Gasteiger partial charge >= 0.3 is 0 Å². The topological polar surface area (TPSA) is 30.5 Å². The molecule has 1 saturated carbocycles. The van der Waals surface area contributed by atoms with Crippen LogP contribution in [-0.2, 0) is 11.3 Å². The van der Waals surface area contributed by atoms with Gasteiger partial charge in [-0.1, -0.05) is 18.9 Å². The lowest BCUT2D eigenvalue weighted by Gasteiger charge is -2.31. The highest BCUT2D eigenvalue weighted by Crippen LogP contribution is 2.23. The maximum atomic E-state index is 13.6. The normalized spacial score (nSPS) is 23.3. The second-order valence-electron chi connectivity index (χ2n) is 5.00. The average molecular weight is 267 g/mol. The van der Waals surface area contributed by atoms with Crippen LogP contribution in [0.3, 0.4) is 0 Å².